The van der Waals surface area contributed by atoms with Gasteiger partial charge in [0.25, 0.3) is 0 Å². The lowest BCUT2D eigenvalue weighted by atomic mass is 9.81. The molecule has 0 amide bonds. The van der Waals surface area contributed by atoms with E-state index in [4.69, 9.17) is 4.74 Å². The van der Waals surface area contributed by atoms with E-state index in [2.05, 4.69) is 34.8 Å². The lowest BCUT2D eigenvalue weighted by Crippen LogP contribution is -2.32. The van der Waals surface area contributed by atoms with Gasteiger partial charge in [-0.2, -0.15) is 0 Å². The second kappa shape index (κ2) is 7.14. The molecule has 134 valence electrons. The van der Waals surface area contributed by atoms with Crippen LogP contribution in [0.4, 0.5) is 0 Å². The molecular formula is C20H27N3OS. The number of aryl methyl sites for hydroxylation is 2. The summed E-state index contributed by atoms with van der Waals surface area (Å²) in [6.45, 7) is 9.25. The first-order valence-corrected chi connectivity index (χ1v) is 10.1. The van der Waals surface area contributed by atoms with Crippen LogP contribution in [0.3, 0.4) is 0 Å². The first-order valence-electron chi connectivity index (χ1n) is 9.25. The fourth-order valence-electron chi connectivity index (χ4n) is 4.57. The maximum absolute atomic E-state index is 6.22. The summed E-state index contributed by atoms with van der Waals surface area (Å²) >= 11 is 1.79. The molecule has 1 aliphatic heterocycles. The van der Waals surface area contributed by atoms with E-state index in [9.17, 15) is 0 Å². The number of fused-ring (bicyclic) bond motifs is 1. The van der Waals surface area contributed by atoms with Crippen molar-refractivity contribution < 1.29 is 4.74 Å². The van der Waals surface area contributed by atoms with Gasteiger partial charge in [-0.15, -0.1) is 11.3 Å². The van der Waals surface area contributed by atoms with E-state index in [1.165, 1.54) is 54.0 Å². The van der Waals surface area contributed by atoms with E-state index in [0.29, 0.717) is 12.0 Å². The van der Waals surface area contributed by atoms with E-state index in [-0.39, 0.29) is 0 Å². The maximum atomic E-state index is 6.22. The molecule has 0 unspecified atom stereocenters. The summed E-state index contributed by atoms with van der Waals surface area (Å²) in [5.41, 5.74) is 6.00. The number of aromatic nitrogens is 2. The van der Waals surface area contributed by atoms with Gasteiger partial charge in [0.1, 0.15) is 0 Å². The summed E-state index contributed by atoms with van der Waals surface area (Å²) in [4.78, 5) is 12.7. The molecule has 1 aliphatic carbocycles. The Morgan fingerprint density at radius 1 is 1.40 bits per heavy atom. The van der Waals surface area contributed by atoms with Crippen molar-refractivity contribution in [2.45, 2.75) is 46.3 Å². The third-order valence-corrected chi connectivity index (χ3v) is 7.04. The quantitative estimate of drug-likeness (QED) is 0.784. The fraction of sp³-hybridized carbons (Fsp3) is 0.600. The number of ether oxygens (including phenoxy) is 1. The lowest BCUT2D eigenvalue weighted by Gasteiger charge is -2.29. The standard InChI is InChI=1S/C20H27N3OS/c1-15-5-7-21-8-17(15)11-24-13-20-6-3-4-18(20)9-23(12-20)10-19-16(2)22-14-25-19/h5,7-8,14,18H,3-4,6,9-13H2,1-2H3/t18-,20+/m0/s1. The second-order valence-corrected chi connectivity index (χ2v) is 8.72. The predicted molar refractivity (Wildman–Crippen MR) is 101 cm³/mol. The monoisotopic (exact) mass is 357 g/mol. The van der Waals surface area contributed by atoms with E-state index in [1.807, 2.05) is 17.9 Å². The van der Waals surface area contributed by atoms with Gasteiger partial charge >= 0.3 is 0 Å². The van der Waals surface area contributed by atoms with Crippen LogP contribution in [0.15, 0.2) is 24.0 Å². The van der Waals surface area contributed by atoms with E-state index in [1.54, 1.807) is 11.3 Å². The van der Waals surface area contributed by atoms with Crippen molar-refractivity contribution in [2.75, 3.05) is 19.7 Å². The Labute approximate surface area is 154 Å². The molecule has 2 aromatic rings. The number of nitrogens with zero attached hydrogens (tertiary/aromatic N) is 3. The van der Waals surface area contributed by atoms with E-state index >= 15 is 0 Å². The molecule has 0 aromatic carbocycles. The van der Waals surface area contributed by atoms with Crippen LogP contribution in [-0.2, 0) is 17.9 Å². The zero-order valence-electron chi connectivity index (χ0n) is 15.2. The Bertz CT molecular complexity index is 731. The van der Waals surface area contributed by atoms with Crippen molar-refractivity contribution in [3.63, 3.8) is 0 Å². The maximum Gasteiger partial charge on any atom is 0.0798 e. The molecule has 25 heavy (non-hydrogen) atoms. The molecule has 0 spiro atoms. The zero-order valence-corrected chi connectivity index (χ0v) is 16.0. The molecule has 0 radical (unpaired) electrons. The molecule has 3 heterocycles. The average molecular weight is 358 g/mol. The van der Waals surface area contributed by atoms with Crippen molar-refractivity contribution >= 4 is 11.3 Å². The van der Waals surface area contributed by atoms with Crippen molar-refractivity contribution in [3.8, 4) is 0 Å². The van der Waals surface area contributed by atoms with Gasteiger partial charge in [0.05, 0.1) is 24.4 Å². The topological polar surface area (TPSA) is 38.2 Å². The van der Waals surface area contributed by atoms with Crippen molar-refractivity contribution in [1.82, 2.24) is 14.9 Å². The van der Waals surface area contributed by atoms with Gasteiger partial charge in [0, 0.05) is 42.3 Å². The first-order chi connectivity index (χ1) is 12.2. The van der Waals surface area contributed by atoms with Gasteiger partial charge in [0.15, 0.2) is 0 Å². The summed E-state index contributed by atoms with van der Waals surface area (Å²) in [6.07, 6.45) is 7.80. The SMILES string of the molecule is Cc1ccncc1COC[C@]12CCC[C@H]1CN(Cc1scnc1C)C2. The molecule has 2 aliphatic rings. The predicted octanol–water partition coefficient (Wildman–Crippen LogP) is 3.97. The van der Waals surface area contributed by atoms with Crippen LogP contribution in [0.5, 0.6) is 0 Å². The van der Waals surface area contributed by atoms with Crippen LogP contribution in [0.25, 0.3) is 0 Å². The van der Waals surface area contributed by atoms with Crippen LogP contribution < -0.4 is 0 Å². The lowest BCUT2D eigenvalue weighted by molar-refractivity contribution is 0.0263. The average Bonchev–Trinajstić information content (AvgIpc) is 3.25. The minimum absolute atomic E-state index is 0.356. The minimum Gasteiger partial charge on any atom is -0.376 e. The largest absolute Gasteiger partial charge is 0.376 e. The molecule has 1 saturated carbocycles. The molecule has 0 N–H and O–H groups in total. The molecule has 4 rings (SSSR count). The summed E-state index contributed by atoms with van der Waals surface area (Å²) in [5, 5.41) is 0. The highest BCUT2D eigenvalue weighted by molar-refractivity contribution is 7.09. The van der Waals surface area contributed by atoms with Crippen molar-refractivity contribution in [1.29, 1.82) is 0 Å². The number of thiazole rings is 1. The van der Waals surface area contributed by atoms with Gasteiger partial charge in [0.2, 0.25) is 0 Å². The summed E-state index contributed by atoms with van der Waals surface area (Å²) in [6, 6.07) is 2.06. The van der Waals surface area contributed by atoms with Crippen LogP contribution in [0, 0.1) is 25.2 Å². The Morgan fingerprint density at radius 2 is 2.32 bits per heavy atom. The number of rotatable bonds is 6. The Kier molecular flexibility index (Phi) is 4.89. The molecule has 2 atom stereocenters. The number of pyridine rings is 1. The first kappa shape index (κ1) is 17.1. The third kappa shape index (κ3) is 3.50. The number of hydrogen-bond acceptors (Lipinski definition) is 5. The van der Waals surface area contributed by atoms with Crippen LogP contribution in [-0.4, -0.2) is 34.6 Å². The Hall–Kier alpha value is -1.30. The van der Waals surface area contributed by atoms with Gasteiger partial charge in [-0.1, -0.05) is 6.42 Å². The molecule has 1 saturated heterocycles. The van der Waals surface area contributed by atoms with Gasteiger partial charge < -0.3 is 4.74 Å². The summed E-state index contributed by atoms with van der Waals surface area (Å²) in [5.74, 6) is 0.788. The highest BCUT2D eigenvalue weighted by Gasteiger charge is 2.49. The summed E-state index contributed by atoms with van der Waals surface area (Å²) in [7, 11) is 0. The highest BCUT2D eigenvalue weighted by atomic mass is 32.1. The van der Waals surface area contributed by atoms with Crippen molar-refractivity contribution in [3.05, 3.63) is 45.7 Å². The second-order valence-electron chi connectivity index (χ2n) is 7.78. The van der Waals surface area contributed by atoms with Crippen LogP contribution in [0.2, 0.25) is 0 Å². The molecule has 2 aromatic heterocycles. The summed E-state index contributed by atoms with van der Waals surface area (Å²) < 4.78 is 6.22. The zero-order chi connectivity index (χ0) is 17.3. The minimum atomic E-state index is 0.356. The molecule has 5 heteroatoms. The fourth-order valence-corrected chi connectivity index (χ4v) is 5.39. The molecule has 2 fully saturated rings. The van der Waals surface area contributed by atoms with Crippen LogP contribution in [0.1, 0.15) is 41.0 Å². The Balaban J connectivity index is 1.38. The van der Waals surface area contributed by atoms with Gasteiger partial charge in [-0.25, -0.2) is 4.98 Å². The normalized spacial score (nSPS) is 26.2. The van der Waals surface area contributed by atoms with Crippen molar-refractivity contribution in [2.24, 2.45) is 11.3 Å². The van der Waals surface area contributed by atoms with Gasteiger partial charge in [-0.05, 0) is 49.8 Å². The van der Waals surface area contributed by atoms with Gasteiger partial charge in [-0.3, -0.25) is 9.88 Å². The highest BCUT2D eigenvalue weighted by Crippen LogP contribution is 2.49. The smallest absolute Gasteiger partial charge is 0.0798 e. The Morgan fingerprint density at radius 3 is 3.12 bits per heavy atom. The van der Waals surface area contributed by atoms with E-state index < -0.39 is 0 Å². The third-order valence-electron chi connectivity index (χ3n) is 6.12. The molecule has 0 bridgehead atoms. The van der Waals surface area contributed by atoms with Crippen LogP contribution >= 0.6 is 11.3 Å². The molecular weight excluding hydrogens is 330 g/mol. The van der Waals surface area contributed by atoms with E-state index in [0.717, 1.165) is 19.1 Å². The molecule has 4 nitrogen and oxygen atoms in total. The number of hydrogen-bond donors (Lipinski definition) is 0. The number of likely N-dealkylation sites (tertiary alicyclic amines) is 1.